The Bertz CT molecular complexity index is 1140. The zero-order chi connectivity index (χ0) is 20.3. The topological polar surface area (TPSA) is 165 Å². The van der Waals surface area contributed by atoms with E-state index >= 15 is 0 Å². The Morgan fingerprint density at radius 3 is 2.25 bits per heavy atom. The first kappa shape index (κ1) is 18.8. The van der Waals surface area contributed by atoms with Gasteiger partial charge in [0.1, 0.15) is 17.4 Å². The maximum Gasteiger partial charge on any atom is 0.149 e. The van der Waals surface area contributed by atoms with E-state index in [0.717, 1.165) is 27.6 Å². The van der Waals surface area contributed by atoms with E-state index in [9.17, 15) is 0 Å². The highest BCUT2D eigenvalue weighted by atomic mass is 16.5. The number of nitrogens with zero attached hydrogens (tertiary/aromatic N) is 2. The van der Waals surface area contributed by atoms with Gasteiger partial charge in [-0.15, -0.1) is 0 Å². The number of fused-ring (bicyclic) bond motifs is 2. The van der Waals surface area contributed by atoms with Crippen LogP contribution in [0, 0.1) is 0 Å². The molecule has 0 aliphatic rings. The van der Waals surface area contributed by atoms with Crippen LogP contribution in [-0.2, 0) is 0 Å². The van der Waals surface area contributed by atoms with Crippen LogP contribution < -0.4 is 33.4 Å². The molecule has 10 N–H and O–H groups in total. The highest BCUT2D eigenvalue weighted by molar-refractivity contribution is 6.07. The molecule has 2 aromatic heterocycles. The van der Waals surface area contributed by atoms with Crippen LogP contribution >= 0.6 is 0 Å². The van der Waals surface area contributed by atoms with Crippen molar-refractivity contribution < 1.29 is 4.74 Å². The van der Waals surface area contributed by atoms with Gasteiger partial charge in [0.25, 0.3) is 0 Å². The summed E-state index contributed by atoms with van der Waals surface area (Å²) < 4.78 is 5.50. The summed E-state index contributed by atoms with van der Waals surface area (Å²) in [7, 11) is 0. The summed E-state index contributed by atoms with van der Waals surface area (Å²) in [5.74, 6) is 1.48. The van der Waals surface area contributed by atoms with Gasteiger partial charge >= 0.3 is 0 Å². The first-order chi connectivity index (χ1) is 13.4. The van der Waals surface area contributed by atoms with Gasteiger partial charge < -0.3 is 33.4 Å². The smallest absolute Gasteiger partial charge is 0.149 e. The number of benzene rings is 2. The number of anilines is 5. The molecule has 0 unspecified atom stereocenters. The number of hydrogen-bond donors (Lipinski definition) is 5. The summed E-state index contributed by atoms with van der Waals surface area (Å²) in [5, 5.41) is 1.82. The van der Waals surface area contributed by atoms with Crippen molar-refractivity contribution in [3.8, 4) is 5.75 Å². The first-order valence-electron chi connectivity index (χ1n) is 8.67. The van der Waals surface area contributed by atoms with E-state index in [1.165, 1.54) is 0 Å². The number of hydrogen-bond acceptors (Lipinski definition) is 8. The maximum atomic E-state index is 6.23. The Balaban J connectivity index is 0.000000211. The Morgan fingerprint density at radius 1 is 0.786 bits per heavy atom. The van der Waals surface area contributed by atoms with Crippen LogP contribution in [0.15, 0.2) is 48.5 Å². The lowest BCUT2D eigenvalue weighted by Crippen LogP contribution is -1.99. The van der Waals surface area contributed by atoms with Gasteiger partial charge in [-0.05, 0) is 55.5 Å². The van der Waals surface area contributed by atoms with E-state index in [2.05, 4.69) is 9.97 Å². The molecule has 2 aromatic carbocycles. The lowest BCUT2D eigenvalue weighted by molar-refractivity contribution is 0.341. The van der Waals surface area contributed by atoms with Gasteiger partial charge in [0.2, 0.25) is 0 Å². The van der Waals surface area contributed by atoms with Crippen molar-refractivity contribution in [2.45, 2.75) is 6.92 Å². The van der Waals surface area contributed by atoms with Crippen LogP contribution in [0.1, 0.15) is 6.92 Å². The average molecular weight is 377 g/mol. The molecule has 2 heterocycles. The van der Waals surface area contributed by atoms with E-state index in [-0.39, 0.29) is 5.82 Å². The van der Waals surface area contributed by atoms with Crippen LogP contribution in [0.2, 0.25) is 0 Å². The zero-order valence-electron chi connectivity index (χ0n) is 15.5. The van der Waals surface area contributed by atoms with E-state index in [4.69, 9.17) is 33.4 Å². The molecule has 0 bridgehead atoms. The monoisotopic (exact) mass is 377 g/mol. The van der Waals surface area contributed by atoms with Crippen molar-refractivity contribution in [1.29, 1.82) is 0 Å². The van der Waals surface area contributed by atoms with E-state index in [0.29, 0.717) is 29.5 Å². The predicted octanol–water partition coefficient (Wildman–Crippen LogP) is 2.78. The Hall–Kier alpha value is -3.94. The lowest BCUT2D eigenvalue weighted by atomic mass is 10.1. The van der Waals surface area contributed by atoms with Crippen LogP contribution in [0.3, 0.4) is 0 Å². The van der Waals surface area contributed by atoms with Crippen molar-refractivity contribution in [3.63, 3.8) is 0 Å². The van der Waals surface area contributed by atoms with E-state index < -0.39 is 0 Å². The van der Waals surface area contributed by atoms with Gasteiger partial charge in [0, 0.05) is 16.5 Å². The number of ether oxygens (including phenoxy) is 1. The number of pyridine rings is 2. The van der Waals surface area contributed by atoms with Gasteiger partial charge in [-0.2, -0.15) is 0 Å². The van der Waals surface area contributed by atoms with Crippen molar-refractivity contribution in [1.82, 2.24) is 9.97 Å². The molecule has 0 spiro atoms. The number of rotatable bonds is 2. The average Bonchev–Trinajstić information content (AvgIpc) is 2.66. The first-order valence-corrected chi connectivity index (χ1v) is 8.67. The summed E-state index contributed by atoms with van der Waals surface area (Å²) in [6.45, 7) is 2.58. The molecule has 144 valence electrons. The number of nitrogen functional groups attached to an aromatic ring is 5. The minimum Gasteiger partial charge on any atom is -0.494 e. The third-order valence-electron chi connectivity index (χ3n) is 4.10. The fourth-order valence-electron chi connectivity index (χ4n) is 2.73. The van der Waals surface area contributed by atoms with Crippen LogP contribution in [0.25, 0.3) is 21.8 Å². The zero-order valence-corrected chi connectivity index (χ0v) is 15.5. The molecular formula is C20H23N7O. The summed E-state index contributed by atoms with van der Waals surface area (Å²) in [5.41, 5.74) is 31.5. The SMILES string of the molecule is CCOc1ccc2nc3cc(N)ccc3c(N)c2c1.Nc1ccc(N)c(N)n1. The molecule has 8 nitrogen and oxygen atoms in total. The molecule has 0 radical (unpaired) electrons. The predicted molar refractivity (Wildman–Crippen MR) is 117 cm³/mol. The number of nitrogens with two attached hydrogens (primary N) is 5. The van der Waals surface area contributed by atoms with Gasteiger partial charge in [0.15, 0.2) is 0 Å². The second-order valence-electron chi connectivity index (χ2n) is 6.12. The molecule has 0 amide bonds. The van der Waals surface area contributed by atoms with Crippen LogP contribution in [-0.4, -0.2) is 16.6 Å². The van der Waals surface area contributed by atoms with Crippen molar-refractivity contribution in [2.24, 2.45) is 0 Å². The fourth-order valence-corrected chi connectivity index (χ4v) is 2.73. The Morgan fingerprint density at radius 2 is 1.57 bits per heavy atom. The molecule has 0 fully saturated rings. The van der Waals surface area contributed by atoms with Crippen LogP contribution in [0.4, 0.5) is 28.7 Å². The molecule has 0 atom stereocenters. The van der Waals surface area contributed by atoms with Gasteiger partial charge in [-0.3, -0.25) is 0 Å². The maximum absolute atomic E-state index is 6.23. The van der Waals surface area contributed by atoms with Gasteiger partial charge in [-0.1, -0.05) is 0 Å². The van der Waals surface area contributed by atoms with Crippen LogP contribution in [0.5, 0.6) is 5.75 Å². The molecular weight excluding hydrogens is 354 g/mol. The highest BCUT2D eigenvalue weighted by Gasteiger charge is 2.07. The summed E-state index contributed by atoms with van der Waals surface area (Å²) in [6, 6.07) is 14.5. The Kier molecular flexibility index (Phi) is 5.21. The summed E-state index contributed by atoms with van der Waals surface area (Å²) in [6.07, 6.45) is 0. The van der Waals surface area contributed by atoms with Crippen molar-refractivity contribution in [2.75, 3.05) is 35.3 Å². The van der Waals surface area contributed by atoms with Crippen molar-refractivity contribution >= 4 is 50.5 Å². The normalized spacial score (nSPS) is 10.5. The molecule has 8 heteroatoms. The van der Waals surface area contributed by atoms with Gasteiger partial charge in [0.05, 0.1) is 29.0 Å². The molecule has 0 aliphatic carbocycles. The lowest BCUT2D eigenvalue weighted by Gasteiger charge is -2.09. The molecule has 4 rings (SSSR count). The molecule has 4 aromatic rings. The van der Waals surface area contributed by atoms with E-state index in [1.54, 1.807) is 12.1 Å². The summed E-state index contributed by atoms with van der Waals surface area (Å²) >= 11 is 0. The second-order valence-corrected chi connectivity index (χ2v) is 6.12. The molecule has 0 saturated heterocycles. The second kappa shape index (κ2) is 7.75. The third-order valence-corrected chi connectivity index (χ3v) is 4.10. The summed E-state index contributed by atoms with van der Waals surface area (Å²) in [4.78, 5) is 8.29. The number of aromatic nitrogens is 2. The largest absolute Gasteiger partial charge is 0.494 e. The Labute approximate surface area is 162 Å². The molecule has 28 heavy (non-hydrogen) atoms. The third kappa shape index (κ3) is 3.90. The quantitative estimate of drug-likeness (QED) is 0.263. The fraction of sp³-hybridized carbons (Fsp3) is 0.100. The molecule has 0 saturated carbocycles. The standard InChI is InChI=1S/C15H15N3O.C5H8N4/c1-2-19-10-4-6-13-12(8-10)15(17)11-5-3-9(16)7-14(11)18-13;6-3-1-2-4(7)9-5(3)8/h3-8H,2,16H2,1H3,(H2,17,18);1-2H,6H2,(H4,7,8,9). The minimum atomic E-state index is 0.287. The minimum absolute atomic E-state index is 0.287. The van der Waals surface area contributed by atoms with Crippen molar-refractivity contribution in [3.05, 3.63) is 48.5 Å². The van der Waals surface area contributed by atoms with Gasteiger partial charge in [-0.25, -0.2) is 9.97 Å². The van der Waals surface area contributed by atoms with E-state index in [1.807, 2.05) is 43.3 Å². The molecule has 0 aliphatic heterocycles. The highest BCUT2D eigenvalue weighted by Crippen LogP contribution is 2.31.